The van der Waals surface area contributed by atoms with Gasteiger partial charge in [0.05, 0.1) is 17.4 Å². The maximum absolute atomic E-state index is 5.83. The van der Waals surface area contributed by atoms with Gasteiger partial charge in [0.2, 0.25) is 0 Å². The Hall–Kier alpha value is -2.29. The first-order chi connectivity index (χ1) is 10.1. The largest absolute Gasteiger partial charge is 0.399 e. The Labute approximate surface area is 125 Å². The highest BCUT2D eigenvalue weighted by atomic mass is 15.1. The molecule has 0 spiro atoms. The minimum Gasteiger partial charge on any atom is -0.399 e. The van der Waals surface area contributed by atoms with Gasteiger partial charge in [0.15, 0.2) is 0 Å². The van der Waals surface area contributed by atoms with E-state index < -0.39 is 0 Å². The number of rotatable bonds is 4. The van der Waals surface area contributed by atoms with Crippen LogP contribution in [0.5, 0.6) is 0 Å². The number of nitrogens with two attached hydrogens (primary N) is 1. The molecule has 0 aliphatic carbocycles. The van der Waals surface area contributed by atoms with Gasteiger partial charge in [0, 0.05) is 11.2 Å². The monoisotopic (exact) mass is 279 g/mol. The van der Waals surface area contributed by atoms with Crippen LogP contribution < -0.4 is 5.73 Å². The van der Waals surface area contributed by atoms with Crippen molar-refractivity contribution in [2.75, 3.05) is 5.73 Å². The van der Waals surface area contributed by atoms with Gasteiger partial charge in [-0.2, -0.15) is 0 Å². The number of benzene rings is 2. The summed E-state index contributed by atoms with van der Waals surface area (Å²) in [6, 6.07) is 16.5. The van der Waals surface area contributed by atoms with E-state index in [4.69, 9.17) is 5.73 Å². The van der Waals surface area contributed by atoms with E-state index in [0.29, 0.717) is 0 Å². The molecule has 1 aromatic heterocycles. The van der Waals surface area contributed by atoms with Crippen molar-refractivity contribution in [3.8, 4) is 0 Å². The number of anilines is 1. The Bertz CT molecular complexity index is 742. The summed E-state index contributed by atoms with van der Waals surface area (Å²) in [5.41, 5.74) is 10.1. The van der Waals surface area contributed by atoms with E-state index in [-0.39, 0.29) is 5.54 Å². The molecule has 0 aliphatic rings. The average molecular weight is 279 g/mol. The molecule has 3 rings (SSSR count). The van der Waals surface area contributed by atoms with Crippen molar-refractivity contribution in [3.05, 3.63) is 60.4 Å². The van der Waals surface area contributed by atoms with Crippen LogP contribution in [0.2, 0.25) is 0 Å². The third-order valence-electron chi connectivity index (χ3n) is 4.09. The van der Waals surface area contributed by atoms with E-state index in [1.54, 1.807) is 0 Å². The summed E-state index contributed by atoms with van der Waals surface area (Å²) in [7, 11) is 0. The van der Waals surface area contributed by atoms with Gasteiger partial charge in [-0.25, -0.2) is 4.98 Å². The number of nitrogen functional groups attached to an aromatic ring is 1. The molecule has 0 unspecified atom stereocenters. The molecule has 2 N–H and O–H groups in total. The molecular weight excluding hydrogens is 258 g/mol. The molecule has 0 fully saturated rings. The molecule has 1 heterocycles. The summed E-state index contributed by atoms with van der Waals surface area (Å²) >= 11 is 0. The van der Waals surface area contributed by atoms with Crippen molar-refractivity contribution in [1.29, 1.82) is 0 Å². The minimum absolute atomic E-state index is 0.0146. The molecule has 0 atom stereocenters. The van der Waals surface area contributed by atoms with Crippen molar-refractivity contribution in [1.82, 2.24) is 9.55 Å². The minimum atomic E-state index is 0.0146. The number of hydrogen-bond donors (Lipinski definition) is 1. The van der Waals surface area contributed by atoms with E-state index in [2.05, 4.69) is 59.8 Å². The zero-order valence-corrected chi connectivity index (χ0v) is 12.6. The number of hydrogen-bond acceptors (Lipinski definition) is 2. The lowest BCUT2D eigenvalue weighted by molar-refractivity contribution is 0.337. The molecule has 108 valence electrons. The van der Waals surface area contributed by atoms with Crippen LogP contribution in [0.3, 0.4) is 0 Å². The molecule has 3 nitrogen and oxygen atoms in total. The zero-order valence-electron chi connectivity index (χ0n) is 12.6. The van der Waals surface area contributed by atoms with E-state index in [0.717, 1.165) is 29.6 Å². The topological polar surface area (TPSA) is 43.8 Å². The number of fused-ring (bicyclic) bond motifs is 1. The smallest absolute Gasteiger partial charge is 0.0963 e. The summed E-state index contributed by atoms with van der Waals surface area (Å²) in [5, 5.41) is 0. The van der Waals surface area contributed by atoms with Crippen LogP contribution in [0.25, 0.3) is 11.0 Å². The number of nitrogens with zero attached hydrogens (tertiary/aromatic N) is 2. The van der Waals surface area contributed by atoms with Gasteiger partial charge < -0.3 is 10.3 Å². The maximum atomic E-state index is 5.83. The predicted octanol–water partition coefficient (Wildman–Crippen LogP) is 3.99. The van der Waals surface area contributed by atoms with Gasteiger partial charge in [0.25, 0.3) is 0 Å². The van der Waals surface area contributed by atoms with E-state index >= 15 is 0 Å². The highest BCUT2D eigenvalue weighted by molar-refractivity contribution is 5.79. The standard InChI is InChI=1S/C18H21N3/c1-18(2,11-10-14-6-4-3-5-7-14)21-13-20-16-12-15(19)8-9-17(16)21/h3-9,12-13H,10-11,19H2,1-2H3. The first kappa shape index (κ1) is 13.7. The SMILES string of the molecule is CC(C)(CCc1ccccc1)n1cnc2cc(N)ccc21. The zero-order chi connectivity index (χ0) is 14.9. The second-order valence-electron chi connectivity index (χ2n) is 6.16. The third-order valence-corrected chi connectivity index (χ3v) is 4.09. The third kappa shape index (κ3) is 2.77. The Kier molecular flexibility index (Phi) is 3.42. The highest BCUT2D eigenvalue weighted by Gasteiger charge is 2.22. The second-order valence-corrected chi connectivity index (χ2v) is 6.16. The lowest BCUT2D eigenvalue weighted by Gasteiger charge is -2.27. The van der Waals surface area contributed by atoms with Crippen LogP contribution in [-0.2, 0) is 12.0 Å². The molecule has 3 aromatic rings. The molecule has 21 heavy (non-hydrogen) atoms. The molecule has 0 saturated heterocycles. The van der Waals surface area contributed by atoms with Crippen LogP contribution in [-0.4, -0.2) is 9.55 Å². The van der Waals surface area contributed by atoms with Gasteiger partial charge in [-0.15, -0.1) is 0 Å². The lowest BCUT2D eigenvalue weighted by Crippen LogP contribution is -2.26. The van der Waals surface area contributed by atoms with E-state index in [1.807, 2.05) is 18.5 Å². The van der Waals surface area contributed by atoms with Crippen molar-refractivity contribution < 1.29 is 0 Å². The van der Waals surface area contributed by atoms with Gasteiger partial charge >= 0.3 is 0 Å². The molecule has 2 aromatic carbocycles. The Morgan fingerprint density at radius 3 is 2.62 bits per heavy atom. The Morgan fingerprint density at radius 1 is 1.10 bits per heavy atom. The fourth-order valence-electron chi connectivity index (χ4n) is 2.73. The number of aromatic nitrogens is 2. The molecule has 0 radical (unpaired) electrons. The van der Waals surface area contributed by atoms with Gasteiger partial charge in [-0.3, -0.25) is 0 Å². The number of imidazole rings is 1. The van der Waals surface area contributed by atoms with Crippen LogP contribution in [0, 0.1) is 0 Å². The molecule has 3 heteroatoms. The quantitative estimate of drug-likeness (QED) is 0.734. The van der Waals surface area contributed by atoms with Crippen molar-refractivity contribution >= 4 is 16.7 Å². The average Bonchev–Trinajstić information content (AvgIpc) is 2.90. The maximum Gasteiger partial charge on any atom is 0.0963 e. The molecule has 0 saturated carbocycles. The van der Waals surface area contributed by atoms with Crippen LogP contribution in [0.1, 0.15) is 25.8 Å². The molecular formula is C18H21N3. The predicted molar refractivity (Wildman–Crippen MR) is 88.2 cm³/mol. The van der Waals surface area contributed by atoms with Crippen molar-refractivity contribution in [2.45, 2.75) is 32.2 Å². The highest BCUT2D eigenvalue weighted by Crippen LogP contribution is 2.27. The molecule has 0 bridgehead atoms. The van der Waals surface area contributed by atoms with E-state index in [1.165, 1.54) is 5.56 Å². The first-order valence-corrected chi connectivity index (χ1v) is 7.33. The van der Waals surface area contributed by atoms with Gasteiger partial charge in [-0.05, 0) is 50.5 Å². The van der Waals surface area contributed by atoms with Crippen molar-refractivity contribution in [3.63, 3.8) is 0 Å². The second kappa shape index (κ2) is 5.24. The van der Waals surface area contributed by atoms with Crippen LogP contribution >= 0.6 is 0 Å². The summed E-state index contributed by atoms with van der Waals surface area (Å²) < 4.78 is 2.25. The summed E-state index contributed by atoms with van der Waals surface area (Å²) in [4.78, 5) is 4.48. The Morgan fingerprint density at radius 2 is 1.86 bits per heavy atom. The summed E-state index contributed by atoms with van der Waals surface area (Å²) in [6.07, 6.45) is 4.05. The first-order valence-electron chi connectivity index (χ1n) is 7.33. The summed E-state index contributed by atoms with van der Waals surface area (Å²) in [5.74, 6) is 0. The number of aryl methyl sites for hydroxylation is 1. The fourth-order valence-corrected chi connectivity index (χ4v) is 2.73. The van der Waals surface area contributed by atoms with Gasteiger partial charge in [0.1, 0.15) is 0 Å². The van der Waals surface area contributed by atoms with Crippen molar-refractivity contribution in [2.24, 2.45) is 0 Å². The lowest BCUT2D eigenvalue weighted by atomic mass is 9.94. The Balaban J connectivity index is 1.86. The van der Waals surface area contributed by atoms with Gasteiger partial charge in [-0.1, -0.05) is 30.3 Å². The van der Waals surface area contributed by atoms with Crippen LogP contribution in [0.15, 0.2) is 54.9 Å². The summed E-state index contributed by atoms with van der Waals surface area (Å²) in [6.45, 7) is 4.51. The van der Waals surface area contributed by atoms with Crippen LogP contribution in [0.4, 0.5) is 5.69 Å². The normalized spacial score (nSPS) is 11.9. The van der Waals surface area contributed by atoms with E-state index in [9.17, 15) is 0 Å². The molecule has 0 aliphatic heterocycles. The fraction of sp³-hybridized carbons (Fsp3) is 0.278. The molecule has 0 amide bonds.